The second-order valence-electron chi connectivity index (χ2n) is 3.99. The Labute approximate surface area is 115 Å². The summed E-state index contributed by atoms with van der Waals surface area (Å²) in [5.74, 6) is 0.160. The van der Waals surface area contributed by atoms with Gasteiger partial charge in [0.1, 0.15) is 17.0 Å². The van der Waals surface area contributed by atoms with Crippen molar-refractivity contribution in [3.05, 3.63) is 52.7 Å². The predicted molar refractivity (Wildman–Crippen MR) is 70.0 cm³/mol. The van der Waals surface area contributed by atoms with Gasteiger partial charge in [-0.05, 0) is 31.2 Å². The van der Waals surface area contributed by atoms with Crippen molar-refractivity contribution >= 4 is 17.5 Å². The molecule has 2 aromatic heterocycles. The van der Waals surface area contributed by atoms with Crippen molar-refractivity contribution in [2.45, 2.75) is 13.0 Å². The van der Waals surface area contributed by atoms with Gasteiger partial charge < -0.3 is 14.8 Å². The Hall–Kier alpha value is -1.85. The number of carbonyl (C=O) groups excluding carboxylic acids is 1. The Morgan fingerprint density at radius 1 is 1.53 bits per heavy atom. The smallest absolute Gasteiger partial charge is 0.253 e. The first-order valence-electron chi connectivity index (χ1n) is 5.70. The molecular formula is C13H13ClN2O3. The molecule has 2 heterocycles. The predicted octanol–water partition coefficient (Wildman–Crippen LogP) is 2.10. The van der Waals surface area contributed by atoms with E-state index in [-0.39, 0.29) is 12.5 Å². The fraction of sp³-hybridized carbons (Fsp3) is 0.231. The van der Waals surface area contributed by atoms with Crippen LogP contribution in [0.15, 0.2) is 34.9 Å². The zero-order chi connectivity index (χ0) is 13.8. The number of aliphatic hydroxyl groups excluding tert-OH is 1. The average Bonchev–Trinajstić information content (AvgIpc) is 2.89. The van der Waals surface area contributed by atoms with Crippen LogP contribution in [0.1, 0.15) is 27.9 Å². The van der Waals surface area contributed by atoms with Crippen LogP contribution in [0.5, 0.6) is 0 Å². The molecule has 0 bridgehead atoms. The maximum atomic E-state index is 12.1. The quantitative estimate of drug-likeness (QED) is 0.841. The number of carbonyl (C=O) groups is 1. The van der Waals surface area contributed by atoms with Gasteiger partial charge in [0, 0.05) is 0 Å². The first kappa shape index (κ1) is 13.6. The Balaban J connectivity index is 2.16. The van der Waals surface area contributed by atoms with Crippen molar-refractivity contribution in [1.82, 2.24) is 10.3 Å². The van der Waals surface area contributed by atoms with Crippen LogP contribution in [0.2, 0.25) is 5.15 Å². The number of aliphatic hydroxyl groups is 1. The molecule has 0 aromatic carbocycles. The molecule has 0 radical (unpaired) electrons. The number of aryl methyl sites for hydroxylation is 1. The van der Waals surface area contributed by atoms with Crippen molar-refractivity contribution in [1.29, 1.82) is 0 Å². The lowest BCUT2D eigenvalue weighted by Gasteiger charge is -2.14. The molecule has 0 fully saturated rings. The molecule has 2 aromatic rings. The molecule has 1 amide bonds. The molecule has 5 nitrogen and oxygen atoms in total. The number of hydrogen-bond donors (Lipinski definition) is 2. The molecule has 1 atom stereocenters. The third-order valence-corrected chi connectivity index (χ3v) is 2.88. The summed E-state index contributed by atoms with van der Waals surface area (Å²) in [4.78, 5) is 16.1. The lowest BCUT2D eigenvalue weighted by molar-refractivity contribution is 0.0906. The Morgan fingerprint density at radius 2 is 2.32 bits per heavy atom. The summed E-state index contributed by atoms with van der Waals surface area (Å²) in [5.41, 5.74) is 0.940. The number of amides is 1. The van der Waals surface area contributed by atoms with Gasteiger partial charge in [0.15, 0.2) is 0 Å². The number of furan rings is 1. The van der Waals surface area contributed by atoms with E-state index in [1.165, 1.54) is 6.26 Å². The number of nitrogens with one attached hydrogen (secondary N) is 1. The second-order valence-corrected chi connectivity index (χ2v) is 4.38. The summed E-state index contributed by atoms with van der Waals surface area (Å²) in [5, 5.41) is 12.3. The highest BCUT2D eigenvalue weighted by Gasteiger charge is 2.18. The van der Waals surface area contributed by atoms with Gasteiger partial charge in [-0.2, -0.15) is 0 Å². The standard InChI is InChI=1S/C13H13ClN2O3/c1-8-9(4-5-12(14)15-8)13(18)16-10(7-17)11-3-2-6-19-11/h2-6,10,17H,7H2,1H3,(H,16,18). The van der Waals surface area contributed by atoms with E-state index in [0.717, 1.165) is 0 Å². The van der Waals surface area contributed by atoms with E-state index in [0.29, 0.717) is 22.2 Å². The maximum absolute atomic E-state index is 12.1. The van der Waals surface area contributed by atoms with E-state index in [9.17, 15) is 9.90 Å². The number of rotatable bonds is 4. The molecule has 0 aliphatic heterocycles. The summed E-state index contributed by atoms with van der Waals surface area (Å²) < 4.78 is 5.16. The molecule has 19 heavy (non-hydrogen) atoms. The highest BCUT2D eigenvalue weighted by molar-refractivity contribution is 6.29. The van der Waals surface area contributed by atoms with Crippen LogP contribution in [0.4, 0.5) is 0 Å². The van der Waals surface area contributed by atoms with Crippen LogP contribution in [0.25, 0.3) is 0 Å². The van der Waals surface area contributed by atoms with E-state index in [2.05, 4.69) is 10.3 Å². The molecule has 0 aliphatic rings. The normalized spacial score (nSPS) is 12.2. The fourth-order valence-corrected chi connectivity index (χ4v) is 1.89. The lowest BCUT2D eigenvalue weighted by atomic mass is 10.1. The zero-order valence-corrected chi connectivity index (χ0v) is 11.0. The van der Waals surface area contributed by atoms with Gasteiger partial charge in [0.2, 0.25) is 0 Å². The molecule has 2 rings (SSSR count). The molecular weight excluding hydrogens is 268 g/mol. The van der Waals surface area contributed by atoms with Gasteiger partial charge in [0.25, 0.3) is 5.91 Å². The first-order chi connectivity index (χ1) is 9.11. The summed E-state index contributed by atoms with van der Waals surface area (Å²) >= 11 is 5.74. The van der Waals surface area contributed by atoms with E-state index >= 15 is 0 Å². The molecule has 6 heteroatoms. The topological polar surface area (TPSA) is 75.4 Å². The molecule has 0 spiro atoms. The largest absolute Gasteiger partial charge is 0.467 e. The second kappa shape index (κ2) is 5.86. The minimum absolute atomic E-state index is 0.251. The Morgan fingerprint density at radius 3 is 2.89 bits per heavy atom. The third kappa shape index (κ3) is 3.13. The van der Waals surface area contributed by atoms with Gasteiger partial charge in [-0.3, -0.25) is 4.79 Å². The van der Waals surface area contributed by atoms with Crippen molar-refractivity contribution < 1.29 is 14.3 Å². The summed E-state index contributed by atoms with van der Waals surface area (Å²) in [7, 11) is 0. The Kier molecular flexibility index (Phi) is 4.19. The van der Waals surface area contributed by atoms with Crippen LogP contribution in [0.3, 0.4) is 0 Å². The summed E-state index contributed by atoms with van der Waals surface area (Å²) in [6.07, 6.45) is 1.49. The molecule has 2 N–H and O–H groups in total. The van der Waals surface area contributed by atoms with Crippen LogP contribution in [0, 0.1) is 6.92 Å². The van der Waals surface area contributed by atoms with Gasteiger partial charge in [-0.1, -0.05) is 11.6 Å². The number of nitrogens with zero attached hydrogens (tertiary/aromatic N) is 1. The van der Waals surface area contributed by atoms with E-state index in [4.69, 9.17) is 16.0 Å². The highest BCUT2D eigenvalue weighted by atomic mass is 35.5. The van der Waals surface area contributed by atoms with Crippen LogP contribution >= 0.6 is 11.6 Å². The average molecular weight is 281 g/mol. The molecule has 0 aliphatic carbocycles. The van der Waals surface area contributed by atoms with Crippen LogP contribution in [-0.4, -0.2) is 22.6 Å². The van der Waals surface area contributed by atoms with Crippen molar-refractivity contribution in [2.75, 3.05) is 6.61 Å². The van der Waals surface area contributed by atoms with Crippen LogP contribution in [-0.2, 0) is 0 Å². The minimum Gasteiger partial charge on any atom is -0.467 e. The molecule has 1 unspecified atom stereocenters. The third-order valence-electron chi connectivity index (χ3n) is 2.67. The fourth-order valence-electron chi connectivity index (χ4n) is 1.70. The molecule has 0 saturated carbocycles. The number of hydrogen-bond acceptors (Lipinski definition) is 4. The van der Waals surface area contributed by atoms with E-state index in [1.807, 2.05) is 0 Å². The maximum Gasteiger partial charge on any atom is 0.253 e. The summed E-state index contributed by atoms with van der Waals surface area (Å²) in [6.45, 7) is 1.45. The van der Waals surface area contributed by atoms with E-state index in [1.54, 1.807) is 31.2 Å². The van der Waals surface area contributed by atoms with Gasteiger partial charge in [-0.15, -0.1) is 0 Å². The lowest BCUT2D eigenvalue weighted by Crippen LogP contribution is -2.31. The number of aromatic nitrogens is 1. The monoisotopic (exact) mass is 280 g/mol. The SMILES string of the molecule is Cc1nc(Cl)ccc1C(=O)NC(CO)c1ccco1. The first-order valence-corrected chi connectivity index (χ1v) is 6.08. The van der Waals surface area contributed by atoms with Gasteiger partial charge in [0.05, 0.1) is 24.1 Å². The van der Waals surface area contributed by atoms with Crippen molar-refractivity contribution in [3.63, 3.8) is 0 Å². The molecule has 0 saturated heterocycles. The Bertz CT molecular complexity index is 569. The molecule has 100 valence electrons. The number of pyridine rings is 1. The number of halogens is 1. The van der Waals surface area contributed by atoms with Gasteiger partial charge in [-0.25, -0.2) is 4.98 Å². The zero-order valence-electron chi connectivity index (χ0n) is 10.3. The van der Waals surface area contributed by atoms with E-state index < -0.39 is 6.04 Å². The van der Waals surface area contributed by atoms with Crippen molar-refractivity contribution in [2.24, 2.45) is 0 Å². The summed E-state index contributed by atoms with van der Waals surface area (Å²) in [6, 6.07) is 5.94. The van der Waals surface area contributed by atoms with Gasteiger partial charge >= 0.3 is 0 Å². The van der Waals surface area contributed by atoms with Crippen molar-refractivity contribution in [3.8, 4) is 0 Å². The highest BCUT2D eigenvalue weighted by Crippen LogP contribution is 2.15. The van der Waals surface area contributed by atoms with Crippen LogP contribution < -0.4 is 5.32 Å². The minimum atomic E-state index is -0.586.